The Kier molecular flexibility index (Phi) is 4.78. The van der Waals surface area contributed by atoms with Gasteiger partial charge in [-0.05, 0) is 19.9 Å². The monoisotopic (exact) mass is 186 g/mol. The molecule has 76 valence electrons. The second-order valence-electron chi connectivity index (χ2n) is 3.31. The van der Waals surface area contributed by atoms with Crippen LogP contribution in [0.5, 0.6) is 0 Å². The van der Waals surface area contributed by atoms with E-state index in [0.717, 1.165) is 32.6 Å². The molecule has 4 heteroatoms. The molecule has 1 rings (SSSR count). The van der Waals surface area contributed by atoms with Gasteiger partial charge in [0, 0.05) is 32.2 Å². The Morgan fingerprint density at radius 1 is 1.46 bits per heavy atom. The van der Waals surface area contributed by atoms with Crippen LogP contribution in [0.15, 0.2) is 0 Å². The Balaban J connectivity index is 2.11. The summed E-state index contributed by atoms with van der Waals surface area (Å²) >= 11 is 0. The molecule has 1 saturated heterocycles. The summed E-state index contributed by atoms with van der Waals surface area (Å²) in [6, 6.07) is 0.332. The average Bonchev–Trinajstić information content (AvgIpc) is 2.16. The molecule has 0 aromatic heterocycles. The maximum absolute atomic E-state index is 11.3. The molecule has 0 bridgehead atoms. The summed E-state index contributed by atoms with van der Waals surface area (Å²) in [7, 11) is 1.85. The van der Waals surface area contributed by atoms with Gasteiger partial charge in [-0.3, -0.25) is 4.79 Å². The van der Waals surface area contributed by atoms with E-state index in [9.17, 15) is 4.79 Å². The van der Waals surface area contributed by atoms with E-state index in [-0.39, 0.29) is 5.91 Å². The zero-order valence-corrected chi connectivity index (χ0v) is 8.14. The Morgan fingerprint density at radius 3 is 2.77 bits per heavy atom. The Hall–Kier alpha value is -0.610. The van der Waals surface area contributed by atoms with Gasteiger partial charge in [0.15, 0.2) is 0 Å². The van der Waals surface area contributed by atoms with E-state index in [0.29, 0.717) is 12.5 Å². The highest BCUT2D eigenvalue weighted by atomic mass is 16.5. The number of rotatable bonds is 4. The fourth-order valence-electron chi connectivity index (χ4n) is 1.38. The van der Waals surface area contributed by atoms with Crippen molar-refractivity contribution in [1.82, 2.24) is 10.6 Å². The molecular weight excluding hydrogens is 168 g/mol. The molecular formula is C9H18N2O2. The molecule has 0 aliphatic carbocycles. The molecule has 1 amide bonds. The second kappa shape index (κ2) is 5.94. The zero-order chi connectivity index (χ0) is 9.52. The standard InChI is InChI=1S/C9H18N2O2/c1-10-5-2-9(12)11-8-3-6-13-7-4-8/h8,10H,2-7H2,1H3,(H,11,12). The first-order valence-electron chi connectivity index (χ1n) is 4.84. The number of hydrogen-bond donors (Lipinski definition) is 2. The normalized spacial score (nSPS) is 18.5. The zero-order valence-electron chi connectivity index (χ0n) is 8.14. The van der Waals surface area contributed by atoms with Crippen LogP contribution in [0.3, 0.4) is 0 Å². The minimum atomic E-state index is 0.140. The largest absolute Gasteiger partial charge is 0.381 e. The lowest BCUT2D eigenvalue weighted by atomic mass is 10.1. The van der Waals surface area contributed by atoms with Gasteiger partial charge in [-0.1, -0.05) is 0 Å². The highest BCUT2D eigenvalue weighted by molar-refractivity contribution is 5.76. The van der Waals surface area contributed by atoms with E-state index in [4.69, 9.17) is 4.74 Å². The van der Waals surface area contributed by atoms with E-state index in [1.54, 1.807) is 0 Å². The molecule has 0 unspecified atom stereocenters. The molecule has 1 aliphatic rings. The smallest absolute Gasteiger partial charge is 0.221 e. The summed E-state index contributed by atoms with van der Waals surface area (Å²) in [4.78, 5) is 11.3. The topological polar surface area (TPSA) is 50.4 Å². The molecule has 4 nitrogen and oxygen atoms in total. The van der Waals surface area contributed by atoms with Crippen molar-refractivity contribution < 1.29 is 9.53 Å². The van der Waals surface area contributed by atoms with Crippen molar-refractivity contribution in [3.8, 4) is 0 Å². The number of hydrogen-bond acceptors (Lipinski definition) is 3. The highest BCUT2D eigenvalue weighted by Crippen LogP contribution is 2.05. The second-order valence-corrected chi connectivity index (χ2v) is 3.31. The maximum atomic E-state index is 11.3. The lowest BCUT2D eigenvalue weighted by Gasteiger charge is -2.23. The van der Waals surface area contributed by atoms with E-state index in [1.165, 1.54) is 0 Å². The van der Waals surface area contributed by atoms with Crippen molar-refractivity contribution >= 4 is 5.91 Å². The molecule has 0 aromatic carbocycles. The van der Waals surface area contributed by atoms with Crippen LogP contribution in [-0.4, -0.2) is 38.8 Å². The van der Waals surface area contributed by atoms with Crippen molar-refractivity contribution in [1.29, 1.82) is 0 Å². The molecule has 0 saturated carbocycles. The van der Waals surface area contributed by atoms with Crippen molar-refractivity contribution in [3.63, 3.8) is 0 Å². The maximum Gasteiger partial charge on any atom is 0.221 e. The van der Waals surface area contributed by atoms with Gasteiger partial charge in [0.1, 0.15) is 0 Å². The molecule has 2 N–H and O–H groups in total. The van der Waals surface area contributed by atoms with Gasteiger partial charge in [-0.2, -0.15) is 0 Å². The van der Waals surface area contributed by atoms with Gasteiger partial charge in [-0.15, -0.1) is 0 Å². The van der Waals surface area contributed by atoms with Gasteiger partial charge >= 0.3 is 0 Å². The fraction of sp³-hybridized carbons (Fsp3) is 0.889. The SMILES string of the molecule is CNCCC(=O)NC1CCOCC1. The van der Waals surface area contributed by atoms with Crippen molar-refractivity contribution in [3.05, 3.63) is 0 Å². The van der Waals surface area contributed by atoms with E-state index >= 15 is 0 Å². The van der Waals surface area contributed by atoms with Crippen LogP contribution < -0.4 is 10.6 Å². The average molecular weight is 186 g/mol. The molecule has 0 spiro atoms. The first-order chi connectivity index (χ1) is 6.33. The van der Waals surface area contributed by atoms with E-state index in [2.05, 4.69) is 10.6 Å². The molecule has 13 heavy (non-hydrogen) atoms. The fourth-order valence-corrected chi connectivity index (χ4v) is 1.38. The van der Waals surface area contributed by atoms with Crippen LogP contribution in [0.2, 0.25) is 0 Å². The highest BCUT2D eigenvalue weighted by Gasteiger charge is 2.15. The minimum Gasteiger partial charge on any atom is -0.381 e. The van der Waals surface area contributed by atoms with Crippen molar-refractivity contribution in [2.24, 2.45) is 0 Å². The Morgan fingerprint density at radius 2 is 2.15 bits per heavy atom. The summed E-state index contributed by atoms with van der Waals surface area (Å²) in [5.41, 5.74) is 0. The quantitative estimate of drug-likeness (QED) is 0.644. The molecule has 1 fully saturated rings. The summed E-state index contributed by atoms with van der Waals surface area (Å²) in [5.74, 6) is 0.140. The lowest BCUT2D eigenvalue weighted by molar-refractivity contribution is -0.122. The predicted octanol–water partition coefficient (Wildman–Crippen LogP) is -0.109. The van der Waals surface area contributed by atoms with E-state index in [1.807, 2.05) is 7.05 Å². The number of carbonyl (C=O) groups is 1. The van der Waals surface area contributed by atoms with Crippen LogP contribution in [0, 0.1) is 0 Å². The number of ether oxygens (including phenoxy) is 1. The first kappa shape index (κ1) is 10.5. The third kappa shape index (κ3) is 4.24. The summed E-state index contributed by atoms with van der Waals surface area (Å²) in [6.45, 7) is 2.29. The van der Waals surface area contributed by atoms with Crippen molar-refractivity contribution in [2.45, 2.75) is 25.3 Å². The molecule has 0 aromatic rings. The predicted molar refractivity (Wildman–Crippen MR) is 50.5 cm³/mol. The molecule has 1 aliphatic heterocycles. The van der Waals surface area contributed by atoms with Crippen LogP contribution in [-0.2, 0) is 9.53 Å². The molecule has 0 radical (unpaired) electrons. The lowest BCUT2D eigenvalue weighted by Crippen LogP contribution is -2.39. The number of amides is 1. The van der Waals surface area contributed by atoms with Crippen LogP contribution in [0.4, 0.5) is 0 Å². The first-order valence-corrected chi connectivity index (χ1v) is 4.84. The van der Waals surface area contributed by atoms with Crippen LogP contribution in [0.25, 0.3) is 0 Å². The van der Waals surface area contributed by atoms with E-state index < -0.39 is 0 Å². The van der Waals surface area contributed by atoms with Gasteiger partial charge in [0.2, 0.25) is 5.91 Å². The Bertz CT molecular complexity index is 156. The minimum absolute atomic E-state index is 0.140. The van der Waals surface area contributed by atoms with Crippen molar-refractivity contribution in [2.75, 3.05) is 26.8 Å². The van der Waals surface area contributed by atoms with Gasteiger partial charge in [0.05, 0.1) is 0 Å². The number of carbonyl (C=O) groups excluding carboxylic acids is 1. The van der Waals surface area contributed by atoms with Crippen LogP contribution >= 0.6 is 0 Å². The van der Waals surface area contributed by atoms with Crippen LogP contribution in [0.1, 0.15) is 19.3 Å². The summed E-state index contributed by atoms with van der Waals surface area (Å²) < 4.78 is 5.20. The molecule has 1 heterocycles. The summed E-state index contributed by atoms with van der Waals surface area (Å²) in [6.07, 6.45) is 2.46. The van der Waals surface area contributed by atoms with Gasteiger partial charge in [-0.25, -0.2) is 0 Å². The molecule has 0 atom stereocenters. The summed E-state index contributed by atoms with van der Waals surface area (Å²) in [5, 5.41) is 5.95. The number of nitrogens with one attached hydrogen (secondary N) is 2. The third-order valence-electron chi connectivity index (χ3n) is 2.19. The Labute approximate surface area is 79.0 Å². The third-order valence-corrected chi connectivity index (χ3v) is 2.19. The van der Waals surface area contributed by atoms with Gasteiger partial charge in [0.25, 0.3) is 0 Å². The van der Waals surface area contributed by atoms with Gasteiger partial charge < -0.3 is 15.4 Å².